The van der Waals surface area contributed by atoms with Gasteiger partial charge in [0, 0.05) is 63.2 Å². The molecule has 38 heavy (non-hydrogen) atoms. The Labute approximate surface area is 227 Å². The van der Waals surface area contributed by atoms with E-state index < -0.39 is 21.5 Å². The molecule has 0 aromatic heterocycles. The zero-order valence-electron chi connectivity index (χ0n) is 21.1. The van der Waals surface area contributed by atoms with Crippen LogP contribution in [0.1, 0.15) is 28.3 Å². The number of sulfone groups is 1. The summed E-state index contributed by atoms with van der Waals surface area (Å²) in [4.78, 5) is 4.58. The number of benzene rings is 3. The molecule has 1 atom stereocenters. The van der Waals surface area contributed by atoms with Crippen LogP contribution in [0.3, 0.4) is 0 Å². The molecule has 2 aliphatic heterocycles. The summed E-state index contributed by atoms with van der Waals surface area (Å²) >= 11 is 6.15. The van der Waals surface area contributed by atoms with Gasteiger partial charge < -0.3 is 5.32 Å². The van der Waals surface area contributed by atoms with Crippen LogP contribution < -0.4 is 5.32 Å². The van der Waals surface area contributed by atoms with Crippen LogP contribution in [0.25, 0.3) is 4.91 Å². The van der Waals surface area contributed by atoms with Gasteiger partial charge >= 0.3 is 0 Å². The third-order valence-corrected chi connectivity index (χ3v) is 8.58. The Morgan fingerprint density at radius 2 is 1.47 bits per heavy atom. The number of nitrogens with zero attached hydrogens (tertiary/aromatic N) is 2. The summed E-state index contributed by atoms with van der Waals surface area (Å²) in [5, 5.41) is 4.01. The first kappa shape index (κ1) is 27.0. The Morgan fingerprint density at radius 1 is 0.921 bits per heavy atom. The fraction of sp³-hybridized carbons (Fsp3) is 0.310. The maximum absolute atomic E-state index is 13.9. The lowest BCUT2D eigenvalue weighted by molar-refractivity contribution is 0.203. The summed E-state index contributed by atoms with van der Waals surface area (Å²) in [5.41, 5.74) is 4.02. The monoisotopic (exact) mass is 557 g/mol. The minimum absolute atomic E-state index is 0.00613. The maximum Gasteiger partial charge on any atom is 0.176 e. The Kier molecular flexibility index (Phi) is 7.98. The van der Waals surface area contributed by atoms with E-state index in [1.165, 1.54) is 5.56 Å². The van der Waals surface area contributed by atoms with Gasteiger partial charge in [-0.1, -0.05) is 48.0 Å². The van der Waals surface area contributed by atoms with Gasteiger partial charge in [-0.25, -0.2) is 17.2 Å². The zero-order valence-corrected chi connectivity index (χ0v) is 22.7. The van der Waals surface area contributed by atoms with E-state index in [4.69, 9.17) is 11.6 Å². The predicted molar refractivity (Wildman–Crippen MR) is 148 cm³/mol. The van der Waals surface area contributed by atoms with E-state index in [-0.39, 0.29) is 16.5 Å². The molecule has 0 saturated carbocycles. The molecule has 9 heteroatoms. The first-order valence-electron chi connectivity index (χ1n) is 12.6. The topological polar surface area (TPSA) is 52.7 Å². The SMILES string of the molecule is CS(=O)(=O)C(=C1CN([C@H](c2ccc(Cl)cc2)c2ccc(CN3CCNCC3)cc2)C1)c1cc(F)cc(F)c1. The van der Waals surface area contributed by atoms with Crippen molar-refractivity contribution in [2.45, 2.75) is 12.6 Å². The second-order valence-corrected chi connectivity index (χ2v) is 12.4. The molecule has 0 aliphatic carbocycles. The Morgan fingerprint density at radius 3 is 2.03 bits per heavy atom. The van der Waals surface area contributed by atoms with Crippen molar-refractivity contribution >= 4 is 26.3 Å². The van der Waals surface area contributed by atoms with Gasteiger partial charge in [-0.05, 0) is 52.1 Å². The number of nitrogens with one attached hydrogen (secondary N) is 1. The quantitative estimate of drug-likeness (QED) is 0.448. The van der Waals surface area contributed by atoms with Crippen molar-refractivity contribution in [1.29, 1.82) is 0 Å². The van der Waals surface area contributed by atoms with Crippen molar-refractivity contribution in [2.24, 2.45) is 0 Å². The summed E-state index contributed by atoms with van der Waals surface area (Å²) in [5.74, 6) is -1.62. The van der Waals surface area contributed by atoms with Crippen LogP contribution in [-0.2, 0) is 16.4 Å². The molecule has 2 saturated heterocycles. The summed E-state index contributed by atoms with van der Waals surface area (Å²) in [6.45, 7) is 5.66. The number of hydrogen-bond acceptors (Lipinski definition) is 5. The van der Waals surface area contributed by atoms with Crippen molar-refractivity contribution in [2.75, 3.05) is 45.5 Å². The van der Waals surface area contributed by atoms with Crippen LogP contribution in [0.2, 0.25) is 5.02 Å². The largest absolute Gasteiger partial charge is 0.314 e. The third kappa shape index (κ3) is 6.16. The van der Waals surface area contributed by atoms with Crippen LogP contribution in [-0.4, -0.2) is 63.7 Å². The number of likely N-dealkylation sites (tertiary alicyclic amines) is 1. The highest BCUT2D eigenvalue weighted by Crippen LogP contribution is 2.38. The summed E-state index contributed by atoms with van der Waals surface area (Å²) in [7, 11) is -3.72. The van der Waals surface area contributed by atoms with Gasteiger partial charge in [0.1, 0.15) is 11.6 Å². The molecule has 5 nitrogen and oxygen atoms in total. The maximum atomic E-state index is 13.9. The Balaban J connectivity index is 1.44. The van der Waals surface area contributed by atoms with Gasteiger partial charge in [-0.2, -0.15) is 0 Å². The van der Waals surface area contributed by atoms with E-state index in [1.54, 1.807) is 0 Å². The van der Waals surface area contributed by atoms with E-state index in [2.05, 4.69) is 39.4 Å². The van der Waals surface area contributed by atoms with E-state index >= 15 is 0 Å². The van der Waals surface area contributed by atoms with Crippen molar-refractivity contribution in [3.8, 4) is 0 Å². The van der Waals surface area contributed by atoms with Crippen LogP contribution >= 0.6 is 11.6 Å². The van der Waals surface area contributed by atoms with Gasteiger partial charge in [-0.15, -0.1) is 0 Å². The lowest BCUT2D eigenvalue weighted by Gasteiger charge is -2.42. The molecule has 0 amide bonds. The molecule has 5 rings (SSSR count). The lowest BCUT2D eigenvalue weighted by Crippen LogP contribution is -2.44. The smallest absolute Gasteiger partial charge is 0.176 e. The van der Waals surface area contributed by atoms with Crippen LogP contribution in [0.5, 0.6) is 0 Å². The number of halogens is 3. The molecule has 0 radical (unpaired) electrons. The molecule has 3 aromatic carbocycles. The highest BCUT2D eigenvalue weighted by atomic mass is 35.5. The number of hydrogen-bond donors (Lipinski definition) is 1. The summed E-state index contributed by atoms with van der Waals surface area (Å²) < 4.78 is 53.3. The molecule has 2 aliphatic rings. The Bertz CT molecular complexity index is 1410. The van der Waals surface area contributed by atoms with Crippen LogP contribution in [0.4, 0.5) is 8.78 Å². The van der Waals surface area contributed by atoms with Gasteiger partial charge in [0.05, 0.1) is 10.9 Å². The Hall–Kier alpha value is -2.62. The van der Waals surface area contributed by atoms with Crippen molar-refractivity contribution in [3.05, 3.63) is 111 Å². The second kappa shape index (κ2) is 11.2. The van der Waals surface area contributed by atoms with E-state index in [9.17, 15) is 17.2 Å². The van der Waals surface area contributed by atoms with E-state index in [0.29, 0.717) is 23.7 Å². The fourth-order valence-electron chi connectivity index (χ4n) is 5.33. The van der Waals surface area contributed by atoms with Gasteiger partial charge in [0.15, 0.2) is 9.84 Å². The first-order chi connectivity index (χ1) is 18.2. The average Bonchev–Trinajstić information content (AvgIpc) is 2.84. The first-order valence-corrected chi connectivity index (χ1v) is 14.8. The molecule has 1 N–H and O–H groups in total. The molecule has 0 spiro atoms. The second-order valence-electron chi connectivity index (χ2n) is 9.99. The molecule has 200 valence electrons. The van der Waals surface area contributed by atoms with Gasteiger partial charge in [0.25, 0.3) is 0 Å². The summed E-state index contributed by atoms with van der Waals surface area (Å²) in [6, 6.07) is 18.9. The minimum Gasteiger partial charge on any atom is -0.314 e. The van der Waals surface area contributed by atoms with Gasteiger partial charge in [-0.3, -0.25) is 9.80 Å². The van der Waals surface area contributed by atoms with Crippen LogP contribution in [0.15, 0.2) is 72.3 Å². The highest BCUT2D eigenvalue weighted by Gasteiger charge is 2.35. The zero-order chi connectivity index (χ0) is 26.9. The molecular formula is C29H30ClF2N3O2S. The molecule has 2 fully saturated rings. The average molecular weight is 558 g/mol. The molecule has 0 unspecified atom stereocenters. The number of piperazine rings is 1. The number of rotatable bonds is 7. The van der Waals surface area contributed by atoms with Crippen molar-refractivity contribution in [1.82, 2.24) is 15.1 Å². The normalized spacial score (nSPS) is 17.7. The van der Waals surface area contributed by atoms with E-state index in [1.807, 2.05) is 24.3 Å². The third-order valence-electron chi connectivity index (χ3n) is 7.07. The van der Waals surface area contributed by atoms with E-state index in [0.717, 1.165) is 68.3 Å². The summed E-state index contributed by atoms with van der Waals surface area (Å²) in [6.07, 6.45) is 1.08. The molecule has 0 bridgehead atoms. The molecule has 3 aromatic rings. The standard InChI is InChI=1S/C29H30ClF2N3O2S/c1-38(36,37)29(23-14-26(31)16-27(32)15-23)24-18-35(19-24)28(22-6-8-25(30)9-7-22)21-4-2-20(3-5-21)17-34-12-10-33-11-13-34/h2-9,14-16,28,33H,10-13,17-19H2,1H3/t28-/m0/s1. The fourth-order valence-corrected chi connectivity index (χ4v) is 6.65. The van der Waals surface area contributed by atoms with Crippen molar-refractivity contribution in [3.63, 3.8) is 0 Å². The predicted octanol–water partition coefficient (Wildman–Crippen LogP) is 4.88. The van der Waals surface area contributed by atoms with Crippen LogP contribution in [0, 0.1) is 11.6 Å². The van der Waals surface area contributed by atoms with Crippen molar-refractivity contribution < 1.29 is 17.2 Å². The van der Waals surface area contributed by atoms with Gasteiger partial charge in [0.2, 0.25) is 0 Å². The minimum atomic E-state index is -3.72. The lowest BCUT2D eigenvalue weighted by atomic mass is 9.91. The highest BCUT2D eigenvalue weighted by molar-refractivity contribution is 8.00. The molecular weight excluding hydrogens is 528 g/mol. The molecule has 2 heterocycles.